The molecule has 0 atom stereocenters. The minimum absolute atomic E-state index is 0.629. The topological polar surface area (TPSA) is 100 Å². The summed E-state index contributed by atoms with van der Waals surface area (Å²) in [6.45, 7) is 0. The Labute approximate surface area is 647 Å². The summed E-state index contributed by atoms with van der Waals surface area (Å²) >= 11 is 0. The molecule has 0 bridgehead atoms. The average Bonchev–Trinajstić information content (AvgIpc) is 1.57. The van der Waals surface area contributed by atoms with Crippen molar-refractivity contribution in [3.05, 3.63) is 406 Å². The molecular formula is C103H67N9. The zero-order chi connectivity index (χ0) is 74.3. The third-order valence-electron chi connectivity index (χ3n) is 21.1. The molecule has 0 N–H and O–H groups in total. The summed E-state index contributed by atoms with van der Waals surface area (Å²) in [5.41, 5.74) is 27.3. The molecule has 0 spiro atoms. The van der Waals surface area contributed by atoms with E-state index in [1.54, 1.807) is 0 Å². The molecule has 524 valence electrons. The van der Waals surface area contributed by atoms with Crippen molar-refractivity contribution in [3.8, 4) is 135 Å². The third kappa shape index (κ3) is 12.5. The molecule has 0 radical (unpaired) electrons. The van der Waals surface area contributed by atoms with Crippen LogP contribution in [-0.4, -0.2) is 44.0 Å². The Kier molecular flexibility index (Phi) is 17.1. The predicted molar refractivity (Wildman–Crippen MR) is 461 cm³/mol. The predicted octanol–water partition coefficient (Wildman–Crippen LogP) is 26.0. The maximum Gasteiger partial charge on any atom is 0.164 e. The molecule has 0 unspecified atom stereocenters. The van der Waals surface area contributed by atoms with Crippen LogP contribution < -0.4 is 0 Å². The summed E-state index contributed by atoms with van der Waals surface area (Å²) in [6, 6.07) is 142. The minimum Gasteiger partial charge on any atom is -0.307 e. The first kappa shape index (κ1) is 66.3. The fourth-order valence-corrected chi connectivity index (χ4v) is 15.6. The van der Waals surface area contributed by atoms with Gasteiger partial charge in [-0.25, -0.2) is 34.9 Å². The van der Waals surface area contributed by atoms with Crippen molar-refractivity contribution in [1.82, 2.24) is 44.0 Å². The fraction of sp³-hybridized carbons (Fsp3) is 0. The Balaban J connectivity index is 0.000000147. The summed E-state index contributed by atoms with van der Waals surface area (Å²) in [4.78, 5) is 35.5. The van der Waals surface area contributed by atoms with E-state index in [-0.39, 0.29) is 0 Å². The number of para-hydroxylation sites is 4. The average molecular weight is 1430 g/mol. The van der Waals surface area contributed by atoms with Gasteiger partial charge >= 0.3 is 0 Å². The van der Waals surface area contributed by atoms with E-state index < -0.39 is 0 Å². The van der Waals surface area contributed by atoms with Gasteiger partial charge in [0.25, 0.3) is 0 Å². The van der Waals surface area contributed by atoms with Crippen LogP contribution in [0.15, 0.2) is 406 Å². The summed E-state index contributed by atoms with van der Waals surface area (Å²) < 4.78 is 4.75. The van der Waals surface area contributed by atoms with E-state index in [0.717, 1.165) is 150 Å². The summed E-state index contributed by atoms with van der Waals surface area (Å²) in [5, 5.41) is 7.16. The van der Waals surface area contributed by atoms with E-state index in [0.29, 0.717) is 23.3 Å². The van der Waals surface area contributed by atoms with Crippen LogP contribution in [0.25, 0.3) is 201 Å². The van der Waals surface area contributed by atoms with Gasteiger partial charge in [-0.1, -0.05) is 352 Å². The highest BCUT2D eigenvalue weighted by atomic mass is 15.0. The normalized spacial score (nSPS) is 11.4. The molecule has 6 aromatic heterocycles. The van der Waals surface area contributed by atoms with Gasteiger partial charge in [-0.2, -0.15) is 0 Å². The van der Waals surface area contributed by atoms with Gasteiger partial charge in [-0.15, -0.1) is 0 Å². The molecule has 0 fully saturated rings. The van der Waals surface area contributed by atoms with Crippen molar-refractivity contribution < 1.29 is 0 Å². The van der Waals surface area contributed by atoms with Crippen molar-refractivity contribution in [2.45, 2.75) is 0 Å². The largest absolute Gasteiger partial charge is 0.307 e. The number of hydrogen-bond acceptors (Lipinski definition) is 7. The molecule has 0 aliphatic rings. The van der Waals surface area contributed by atoms with Crippen LogP contribution in [0, 0.1) is 0 Å². The Morgan fingerprint density at radius 3 is 0.759 bits per heavy atom. The molecular weight excluding hydrogens is 1360 g/mol. The number of pyridine rings is 2. The Morgan fingerprint density at radius 2 is 0.411 bits per heavy atom. The second-order valence-electron chi connectivity index (χ2n) is 27.9. The highest BCUT2D eigenvalue weighted by Gasteiger charge is 2.24. The quantitative estimate of drug-likeness (QED) is 0.113. The van der Waals surface area contributed by atoms with Gasteiger partial charge in [0.2, 0.25) is 0 Å². The zero-order valence-corrected chi connectivity index (χ0v) is 60.7. The number of hydrogen-bond donors (Lipinski definition) is 0. The summed E-state index contributed by atoms with van der Waals surface area (Å²) in [5.74, 6) is 2.61. The van der Waals surface area contributed by atoms with Crippen molar-refractivity contribution in [2.75, 3.05) is 0 Å². The molecule has 9 heteroatoms. The van der Waals surface area contributed by atoms with Crippen LogP contribution in [0.1, 0.15) is 0 Å². The first-order valence-corrected chi connectivity index (χ1v) is 37.7. The van der Waals surface area contributed by atoms with E-state index in [4.69, 9.17) is 34.9 Å². The number of nitrogens with zero attached hydrogens (tertiary/aromatic N) is 9. The molecule has 15 aromatic carbocycles. The lowest BCUT2D eigenvalue weighted by atomic mass is 10.0. The molecule has 21 aromatic rings. The standard InChI is InChI=1S/C54H35N5.C49H32N4/c1-4-14-36(15-5-1)37-24-28-42(29-25-37)53-56-52(41-18-8-3-9-19-41)57-54(58-53)43-30-26-38(27-31-43)39-32-34-44(35-33-39)59-48-23-13-11-21-46(48)49-45-20-10-12-22-47(45)55-50(51(49)59)40-16-6-2-7-17-40;1-4-14-35(15-5-1)43-32-44(36-16-6-2-7-17-36)52-49(51-43)38-26-24-33(25-27-38)34-28-30-39(31-29-34)53-45-23-13-11-21-41(45)46-40-20-10-12-22-42(40)50-47(48(46)53)37-18-8-3-9-19-37/h1-35H;1-32H. The van der Waals surface area contributed by atoms with E-state index in [1.165, 1.54) is 27.1 Å². The molecule has 9 nitrogen and oxygen atoms in total. The lowest BCUT2D eigenvalue weighted by Crippen LogP contribution is -2.00. The van der Waals surface area contributed by atoms with Crippen LogP contribution in [-0.2, 0) is 0 Å². The van der Waals surface area contributed by atoms with Gasteiger partial charge in [-0.3, -0.25) is 0 Å². The summed E-state index contributed by atoms with van der Waals surface area (Å²) in [7, 11) is 0. The molecule has 112 heavy (non-hydrogen) atoms. The smallest absolute Gasteiger partial charge is 0.164 e. The molecule has 0 amide bonds. The number of aromatic nitrogens is 9. The van der Waals surface area contributed by atoms with Crippen LogP contribution in [0.3, 0.4) is 0 Å². The van der Waals surface area contributed by atoms with E-state index in [1.807, 2.05) is 72.8 Å². The second kappa shape index (κ2) is 28.8. The van der Waals surface area contributed by atoms with Gasteiger partial charge in [0, 0.05) is 88.2 Å². The summed E-state index contributed by atoms with van der Waals surface area (Å²) in [6.07, 6.45) is 0. The zero-order valence-electron chi connectivity index (χ0n) is 60.7. The minimum atomic E-state index is 0.629. The lowest BCUT2D eigenvalue weighted by molar-refractivity contribution is 1.07. The number of rotatable bonds is 13. The Morgan fingerprint density at radius 1 is 0.170 bits per heavy atom. The molecule has 0 saturated carbocycles. The van der Waals surface area contributed by atoms with E-state index in [2.05, 4.69) is 343 Å². The van der Waals surface area contributed by atoms with Crippen LogP contribution >= 0.6 is 0 Å². The van der Waals surface area contributed by atoms with Crippen molar-refractivity contribution in [2.24, 2.45) is 0 Å². The van der Waals surface area contributed by atoms with E-state index >= 15 is 0 Å². The molecule has 0 aliphatic carbocycles. The molecule has 21 rings (SSSR count). The second-order valence-corrected chi connectivity index (χ2v) is 27.9. The van der Waals surface area contributed by atoms with Crippen molar-refractivity contribution >= 4 is 65.4 Å². The first-order valence-electron chi connectivity index (χ1n) is 37.7. The lowest BCUT2D eigenvalue weighted by Gasteiger charge is -2.13. The van der Waals surface area contributed by atoms with Crippen LogP contribution in [0.5, 0.6) is 0 Å². The Hall–Kier alpha value is -15.2. The van der Waals surface area contributed by atoms with Gasteiger partial charge in [-0.05, 0) is 88.0 Å². The van der Waals surface area contributed by atoms with E-state index in [9.17, 15) is 0 Å². The van der Waals surface area contributed by atoms with Crippen LogP contribution in [0.4, 0.5) is 0 Å². The number of fused-ring (bicyclic) bond motifs is 10. The Bertz CT molecular complexity index is 6960. The third-order valence-corrected chi connectivity index (χ3v) is 21.1. The highest BCUT2D eigenvalue weighted by Crippen LogP contribution is 2.44. The molecule has 6 heterocycles. The first-order chi connectivity index (χ1) is 55.5. The van der Waals surface area contributed by atoms with Crippen molar-refractivity contribution in [1.29, 1.82) is 0 Å². The monoisotopic (exact) mass is 1430 g/mol. The van der Waals surface area contributed by atoms with Gasteiger partial charge in [0.05, 0.1) is 55.9 Å². The SMILES string of the molecule is c1ccc(-c2cc(-c3ccccc3)nc(-c3ccc(-c4ccc(-n5c6ccccc6c6c7ccccc7nc(-c7ccccc7)c65)cc4)cc3)n2)cc1.c1ccc(-c2ccc(-c3nc(-c4ccccc4)nc(-c4ccc(-c5ccc(-n6c7ccccc7c7c8ccccc8nc(-c8ccccc8)c76)cc5)cc4)n3)cc2)cc1. The van der Waals surface area contributed by atoms with Gasteiger partial charge in [0.1, 0.15) is 0 Å². The van der Waals surface area contributed by atoms with Crippen LogP contribution in [0.2, 0.25) is 0 Å². The maximum absolute atomic E-state index is 5.28. The maximum atomic E-state index is 5.28. The fourth-order valence-electron chi connectivity index (χ4n) is 15.6. The molecule has 0 saturated heterocycles. The number of benzene rings is 15. The highest BCUT2D eigenvalue weighted by molar-refractivity contribution is 6.25. The van der Waals surface area contributed by atoms with Crippen molar-refractivity contribution in [3.63, 3.8) is 0 Å². The van der Waals surface area contributed by atoms with Gasteiger partial charge in [0.15, 0.2) is 23.3 Å². The van der Waals surface area contributed by atoms with Gasteiger partial charge < -0.3 is 9.13 Å². The molecule has 0 aliphatic heterocycles.